The monoisotopic (exact) mass is 440 g/mol. The molecule has 1 aliphatic heterocycles. The zero-order valence-electron chi connectivity index (χ0n) is 13.8. The van der Waals surface area contributed by atoms with Gasteiger partial charge in [0.25, 0.3) is 0 Å². The van der Waals surface area contributed by atoms with Crippen molar-refractivity contribution >= 4 is 33.2 Å². The number of sulfonamides is 1. The molecule has 0 amide bonds. The van der Waals surface area contributed by atoms with Gasteiger partial charge in [-0.3, -0.25) is 0 Å². The van der Waals surface area contributed by atoms with E-state index in [2.05, 4.69) is 4.98 Å². The maximum Gasteiger partial charge on any atom is 0.421 e. The first-order valence-electron chi connectivity index (χ1n) is 7.65. The summed E-state index contributed by atoms with van der Waals surface area (Å²) >= 11 is 11.9. The van der Waals surface area contributed by atoms with E-state index in [1.807, 2.05) is 0 Å². The second-order valence-electron chi connectivity index (χ2n) is 5.95. The van der Waals surface area contributed by atoms with Gasteiger partial charge in [-0.05, 0) is 36.8 Å². The van der Waals surface area contributed by atoms with Crippen molar-refractivity contribution in [1.82, 2.24) is 9.29 Å². The molecule has 0 atom stereocenters. The molecule has 1 fully saturated rings. The SMILES string of the molecule is Cc1cc(S(=O)(=O)N2CC(Oc3ncccc3C(F)(F)F)C2)c(Cl)cc1Cl. The maximum atomic E-state index is 13.0. The molecule has 0 saturated carbocycles. The molecule has 11 heteroatoms. The second kappa shape index (κ2) is 7.12. The third kappa shape index (κ3) is 4.01. The molecule has 1 aromatic heterocycles. The number of ether oxygens (including phenoxy) is 1. The summed E-state index contributed by atoms with van der Waals surface area (Å²) in [5.41, 5.74) is -0.473. The molecule has 1 aliphatic rings. The van der Waals surface area contributed by atoms with Gasteiger partial charge in [0, 0.05) is 11.2 Å². The van der Waals surface area contributed by atoms with E-state index in [9.17, 15) is 21.6 Å². The van der Waals surface area contributed by atoms with Gasteiger partial charge in [0.15, 0.2) is 0 Å². The average molecular weight is 441 g/mol. The first kappa shape index (κ1) is 20.2. The van der Waals surface area contributed by atoms with Crippen LogP contribution in [-0.4, -0.2) is 36.9 Å². The summed E-state index contributed by atoms with van der Waals surface area (Å²) in [5, 5.41) is 0.303. The molecule has 0 spiro atoms. The molecule has 0 unspecified atom stereocenters. The van der Waals surface area contributed by atoms with Crippen LogP contribution in [0.1, 0.15) is 11.1 Å². The van der Waals surface area contributed by atoms with Crippen LogP contribution in [0.15, 0.2) is 35.4 Å². The van der Waals surface area contributed by atoms with Crippen molar-refractivity contribution in [3.05, 3.63) is 51.6 Å². The van der Waals surface area contributed by atoms with Crippen molar-refractivity contribution in [2.75, 3.05) is 13.1 Å². The van der Waals surface area contributed by atoms with Crippen LogP contribution >= 0.6 is 23.2 Å². The lowest BCUT2D eigenvalue weighted by molar-refractivity contribution is -0.140. The highest BCUT2D eigenvalue weighted by molar-refractivity contribution is 7.89. The van der Waals surface area contributed by atoms with Gasteiger partial charge < -0.3 is 4.74 Å². The normalized spacial score (nSPS) is 16.2. The van der Waals surface area contributed by atoms with Gasteiger partial charge in [-0.2, -0.15) is 17.5 Å². The fraction of sp³-hybridized carbons (Fsp3) is 0.312. The molecule has 1 aromatic carbocycles. The average Bonchev–Trinajstić information content (AvgIpc) is 2.53. The van der Waals surface area contributed by atoms with Gasteiger partial charge in [-0.15, -0.1) is 0 Å². The Hall–Kier alpha value is -1.55. The lowest BCUT2D eigenvalue weighted by Crippen LogP contribution is -2.56. The third-order valence-electron chi connectivity index (χ3n) is 4.00. The standard InChI is InChI=1S/C16H13Cl2F3N2O3S/c1-9-5-14(13(18)6-12(9)17)27(24,25)23-7-10(8-23)26-15-11(16(19,20)21)3-2-4-22-15/h2-6,10H,7-8H2,1H3. The minimum absolute atomic E-state index is 0.0287. The largest absolute Gasteiger partial charge is 0.471 e. The zero-order chi connectivity index (χ0) is 20.0. The molecule has 146 valence electrons. The molecule has 0 bridgehead atoms. The van der Waals surface area contributed by atoms with Crippen molar-refractivity contribution < 1.29 is 26.3 Å². The summed E-state index contributed by atoms with van der Waals surface area (Å²) in [6.07, 6.45) is -4.19. The molecule has 0 radical (unpaired) electrons. The summed E-state index contributed by atoms with van der Waals surface area (Å²) in [6, 6.07) is 4.70. The summed E-state index contributed by atoms with van der Waals surface area (Å²) in [7, 11) is -3.92. The van der Waals surface area contributed by atoms with E-state index < -0.39 is 33.7 Å². The molecule has 0 aliphatic carbocycles. The lowest BCUT2D eigenvalue weighted by Gasteiger charge is -2.38. The van der Waals surface area contributed by atoms with E-state index in [0.717, 1.165) is 16.4 Å². The Kier molecular flexibility index (Phi) is 5.33. The Morgan fingerprint density at radius 1 is 1.22 bits per heavy atom. The molecule has 27 heavy (non-hydrogen) atoms. The maximum absolute atomic E-state index is 13.0. The molecular formula is C16H13Cl2F3N2O3S. The number of benzene rings is 1. The molecule has 5 nitrogen and oxygen atoms in total. The van der Waals surface area contributed by atoms with E-state index in [-0.39, 0.29) is 23.0 Å². The van der Waals surface area contributed by atoms with Crippen LogP contribution in [0.2, 0.25) is 10.0 Å². The fourth-order valence-electron chi connectivity index (χ4n) is 2.50. The van der Waals surface area contributed by atoms with E-state index in [0.29, 0.717) is 10.6 Å². The van der Waals surface area contributed by atoms with Crippen LogP contribution in [0.3, 0.4) is 0 Å². The van der Waals surface area contributed by atoms with Crippen LogP contribution in [0.5, 0.6) is 5.88 Å². The molecular weight excluding hydrogens is 428 g/mol. The first-order chi connectivity index (χ1) is 12.5. The highest BCUT2D eigenvalue weighted by Gasteiger charge is 2.41. The highest BCUT2D eigenvalue weighted by Crippen LogP contribution is 2.36. The number of hydrogen-bond donors (Lipinski definition) is 0. The van der Waals surface area contributed by atoms with E-state index in [4.69, 9.17) is 27.9 Å². The van der Waals surface area contributed by atoms with Gasteiger partial charge in [-0.25, -0.2) is 13.4 Å². The number of hydrogen-bond acceptors (Lipinski definition) is 4. The minimum atomic E-state index is -4.62. The molecule has 2 heterocycles. The van der Waals surface area contributed by atoms with Crippen molar-refractivity contribution in [2.24, 2.45) is 0 Å². The van der Waals surface area contributed by atoms with Gasteiger partial charge in [0.2, 0.25) is 15.9 Å². The fourth-order valence-corrected chi connectivity index (χ4v) is 4.81. The van der Waals surface area contributed by atoms with Crippen LogP contribution in [0.4, 0.5) is 13.2 Å². The molecule has 3 rings (SSSR count). The topological polar surface area (TPSA) is 59.5 Å². The molecule has 0 N–H and O–H groups in total. The third-order valence-corrected chi connectivity index (χ3v) is 6.70. The van der Waals surface area contributed by atoms with Crippen molar-refractivity contribution in [3.8, 4) is 5.88 Å². The van der Waals surface area contributed by atoms with E-state index in [1.54, 1.807) is 6.92 Å². The Bertz CT molecular complexity index is 977. The predicted molar refractivity (Wildman–Crippen MR) is 93.6 cm³/mol. The van der Waals surface area contributed by atoms with Gasteiger partial charge in [0.1, 0.15) is 16.6 Å². The van der Waals surface area contributed by atoms with Gasteiger partial charge in [0.05, 0.1) is 18.1 Å². The zero-order valence-corrected chi connectivity index (χ0v) is 16.1. The summed E-state index contributed by atoms with van der Waals surface area (Å²) in [4.78, 5) is 3.49. The van der Waals surface area contributed by atoms with Crippen molar-refractivity contribution in [2.45, 2.75) is 24.1 Å². The van der Waals surface area contributed by atoms with Gasteiger partial charge in [-0.1, -0.05) is 23.2 Å². The number of nitrogens with zero attached hydrogens (tertiary/aromatic N) is 2. The lowest BCUT2D eigenvalue weighted by atomic mass is 10.2. The Morgan fingerprint density at radius 2 is 1.89 bits per heavy atom. The highest BCUT2D eigenvalue weighted by atomic mass is 35.5. The number of alkyl halides is 3. The van der Waals surface area contributed by atoms with Crippen LogP contribution in [0, 0.1) is 6.92 Å². The van der Waals surface area contributed by atoms with Crippen LogP contribution in [0.25, 0.3) is 0 Å². The number of pyridine rings is 1. The van der Waals surface area contributed by atoms with E-state index >= 15 is 0 Å². The number of aryl methyl sites for hydroxylation is 1. The first-order valence-corrected chi connectivity index (χ1v) is 9.84. The number of rotatable bonds is 4. The van der Waals surface area contributed by atoms with Gasteiger partial charge >= 0.3 is 6.18 Å². The number of halogens is 5. The van der Waals surface area contributed by atoms with E-state index in [1.165, 1.54) is 18.3 Å². The Morgan fingerprint density at radius 3 is 2.52 bits per heavy atom. The van der Waals surface area contributed by atoms with Crippen molar-refractivity contribution in [3.63, 3.8) is 0 Å². The van der Waals surface area contributed by atoms with Crippen molar-refractivity contribution in [1.29, 1.82) is 0 Å². The molecule has 2 aromatic rings. The minimum Gasteiger partial charge on any atom is -0.471 e. The Labute approximate surface area is 163 Å². The summed E-state index contributed by atoms with van der Waals surface area (Å²) in [5.74, 6) is -0.576. The van der Waals surface area contributed by atoms with Crippen LogP contribution in [-0.2, 0) is 16.2 Å². The molecule has 1 saturated heterocycles. The smallest absolute Gasteiger partial charge is 0.421 e. The summed E-state index contributed by atoms with van der Waals surface area (Å²) in [6.45, 7) is 1.40. The second-order valence-corrected chi connectivity index (χ2v) is 8.67. The summed E-state index contributed by atoms with van der Waals surface area (Å²) < 4.78 is 70.6. The predicted octanol–water partition coefficient (Wildman–Crippen LogP) is 4.17. The quantitative estimate of drug-likeness (QED) is 0.715. The van der Waals surface area contributed by atoms with Crippen LogP contribution < -0.4 is 4.74 Å². The Balaban J connectivity index is 1.74. The number of aromatic nitrogens is 1.